The van der Waals surface area contributed by atoms with Crippen molar-refractivity contribution in [1.82, 2.24) is 4.90 Å². The molecule has 0 aromatic carbocycles. The van der Waals surface area contributed by atoms with E-state index in [1.807, 2.05) is 0 Å². The minimum absolute atomic E-state index is 0.0869. The summed E-state index contributed by atoms with van der Waals surface area (Å²) in [5.74, 6) is -0.538. The van der Waals surface area contributed by atoms with Crippen molar-refractivity contribution in [3.63, 3.8) is 0 Å². The summed E-state index contributed by atoms with van der Waals surface area (Å²) in [5.41, 5.74) is 0. The van der Waals surface area contributed by atoms with Gasteiger partial charge in [-0.15, -0.1) is 0 Å². The minimum Gasteiger partial charge on any atom is -0.506 e. The predicted molar refractivity (Wildman–Crippen MR) is 71.9 cm³/mol. The van der Waals surface area contributed by atoms with Gasteiger partial charge in [-0.25, -0.2) is 0 Å². The summed E-state index contributed by atoms with van der Waals surface area (Å²) in [7, 11) is 0. The fraction of sp³-hybridized carbons (Fsp3) is 0.846. The maximum Gasteiger partial charge on any atom is 0.228 e. The lowest BCUT2D eigenvalue weighted by atomic mass is 10.0. The van der Waals surface area contributed by atoms with Gasteiger partial charge in [0.2, 0.25) is 6.29 Å². The summed E-state index contributed by atoms with van der Waals surface area (Å²) in [6.45, 7) is -0.310. The Bertz CT molecular complexity index is 474. The van der Waals surface area contributed by atoms with Crippen LogP contribution in [0, 0.1) is 0 Å². The summed E-state index contributed by atoms with van der Waals surface area (Å²) in [6.07, 6.45) is -8.08. The first-order valence-corrected chi connectivity index (χ1v) is 7.33. The molecule has 0 spiro atoms. The summed E-state index contributed by atoms with van der Waals surface area (Å²) in [6, 6.07) is -1.55. The van der Waals surface area contributed by atoms with E-state index in [2.05, 4.69) is 0 Å². The second kappa shape index (κ2) is 6.15. The number of ether oxygens (including phenoxy) is 2. The van der Waals surface area contributed by atoms with Gasteiger partial charge in [-0.05, 0) is 0 Å². The zero-order valence-corrected chi connectivity index (χ0v) is 12.1. The lowest BCUT2D eigenvalue weighted by Crippen LogP contribution is -2.49. The van der Waals surface area contributed by atoms with Crippen molar-refractivity contribution in [2.45, 2.75) is 55.0 Å². The first-order valence-electron chi connectivity index (χ1n) is 7.33. The lowest BCUT2D eigenvalue weighted by molar-refractivity contribution is -0.233. The van der Waals surface area contributed by atoms with Crippen molar-refractivity contribution in [3.05, 3.63) is 12.0 Å². The van der Waals surface area contributed by atoms with E-state index in [1.54, 1.807) is 4.90 Å². The molecule has 9 atom stereocenters. The van der Waals surface area contributed by atoms with Crippen LogP contribution in [0.5, 0.6) is 0 Å². The van der Waals surface area contributed by atoms with Crippen LogP contribution in [0.25, 0.3) is 0 Å². The Hall–Kier alpha value is -0.980. The monoisotopic (exact) mass is 335 g/mol. The van der Waals surface area contributed by atoms with Gasteiger partial charge >= 0.3 is 0 Å². The van der Waals surface area contributed by atoms with Crippen LogP contribution in [0.15, 0.2) is 12.0 Å². The molecule has 0 amide bonds. The molecule has 3 aliphatic rings. The molecule has 2 saturated heterocycles. The molecule has 10 heteroatoms. The van der Waals surface area contributed by atoms with Gasteiger partial charge < -0.3 is 45.2 Å². The Labute approximate surface area is 131 Å². The molecule has 3 heterocycles. The van der Waals surface area contributed by atoms with Crippen molar-refractivity contribution in [2.24, 2.45) is 0 Å². The molecule has 3 rings (SSSR count). The van der Waals surface area contributed by atoms with Crippen LogP contribution in [-0.2, 0) is 9.47 Å². The topological polar surface area (TPSA) is 163 Å². The fourth-order valence-electron chi connectivity index (χ4n) is 3.47. The molecule has 23 heavy (non-hydrogen) atoms. The summed E-state index contributed by atoms with van der Waals surface area (Å²) >= 11 is 0. The molecule has 0 saturated carbocycles. The molecule has 2 fully saturated rings. The van der Waals surface area contributed by atoms with Crippen molar-refractivity contribution in [1.29, 1.82) is 0 Å². The van der Waals surface area contributed by atoms with Crippen LogP contribution < -0.4 is 0 Å². The van der Waals surface area contributed by atoms with Gasteiger partial charge in [0.25, 0.3) is 0 Å². The van der Waals surface area contributed by atoms with Gasteiger partial charge in [0.05, 0.1) is 37.0 Å². The summed E-state index contributed by atoms with van der Waals surface area (Å²) in [4.78, 5) is 1.55. The van der Waals surface area contributed by atoms with Crippen LogP contribution in [0.4, 0.5) is 0 Å². The van der Waals surface area contributed by atoms with Gasteiger partial charge in [-0.1, -0.05) is 0 Å². The number of rotatable bonds is 3. The van der Waals surface area contributed by atoms with E-state index >= 15 is 0 Å². The van der Waals surface area contributed by atoms with Crippen LogP contribution in [0.2, 0.25) is 0 Å². The zero-order chi connectivity index (χ0) is 16.9. The third-order valence-electron chi connectivity index (χ3n) is 4.75. The number of fused-ring (bicyclic) bond motifs is 1. The molecule has 7 N–H and O–H groups in total. The third kappa shape index (κ3) is 2.61. The molecule has 3 aliphatic heterocycles. The number of aliphatic hydroxyl groups is 7. The highest BCUT2D eigenvalue weighted by molar-refractivity contribution is 5.11. The largest absolute Gasteiger partial charge is 0.506 e. The van der Waals surface area contributed by atoms with Crippen molar-refractivity contribution in [2.75, 3.05) is 13.2 Å². The molecule has 0 bridgehead atoms. The number of hydrogen-bond donors (Lipinski definition) is 7. The van der Waals surface area contributed by atoms with Crippen LogP contribution in [-0.4, -0.2) is 109 Å². The molecule has 0 radical (unpaired) electrons. The second-order valence-electron chi connectivity index (χ2n) is 6.07. The zero-order valence-electron chi connectivity index (χ0n) is 12.1. The molecule has 0 aliphatic carbocycles. The van der Waals surface area contributed by atoms with E-state index in [1.165, 1.54) is 0 Å². The van der Waals surface area contributed by atoms with Crippen LogP contribution in [0.3, 0.4) is 0 Å². The molecular weight excluding hydrogens is 314 g/mol. The quantitative estimate of drug-likeness (QED) is 0.270. The summed E-state index contributed by atoms with van der Waals surface area (Å²) < 4.78 is 10.4. The molecule has 0 aromatic heterocycles. The van der Waals surface area contributed by atoms with Gasteiger partial charge in [-0.3, -0.25) is 4.90 Å². The highest BCUT2D eigenvalue weighted by Crippen LogP contribution is 2.35. The van der Waals surface area contributed by atoms with Gasteiger partial charge in [0, 0.05) is 6.54 Å². The average Bonchev–Trinajstić information content (AvgIpc) is 2.96. The number of nitrogens with zero attached hydrogens (tertiary/aromatic N) is 1. The van der Waals surface area contributed by atoms with E-state index in [9.17, 15) is 35.7 Å². The molecule has 0 aromatic rings. The van der Waals surface area contributed by atoms with E-state index < -0.39 is 67.4 Å². The SMILES string of the molecule is OC[C@H]1[C@@H](O)[C@H](O)[C@H]2[C@H](O)[C@@H](O[C@H]3OC=C(O)C(O)C3O)CN21. The number of aliphatic hydroxyl groups excluding tert-OH is 7. The minimum atomic E-state index is -1.57. The first-order chi connectivity index (χ1) is 10.9. The standard InChI is InChI=1S/C13H21NO9/c15-2-4-8(17)11(20)7-10(19)6(1-14(4)7)23-13-12(21)9(18)5(16)3-22-13/h3-4,6-13,15-21H,1-2H2/t4-,6-,7+,8+,9?,10+,11+,12?,13+/m0/s1. The Kier molecular flexibility index (Phi) is 4.51. The summed E-state index contributed by atoms with van der Waals surface area (Å²) in [5, 5.41) is 68.2. The van der Waals surface area contributed by atoms with Crippen molar-refractivity contribution >= 4 is 0 Å². The average molecular weight is 335 g/mol. The Balaban J connectivity index is 1.70. The maximum absolute atomic E-state index is 10.3. The molecule has 132 valence electrons. The Morgan fingerprint density at radius 1 is 1.09 bits per heavy atom. The normalized spacial score (nSPS) is 50.5. The molecule has 10 nitrogen and oxygen atoms in total. The van der Waals surface area contributed by atoms with Gasteiger partial charge in [0.15, 0.2) is 5.76 Å². The lowest BCUT2D eigenvalue weighted by Gasteiger charge is -2.32. The van der Waals surface area contributed by atoms with Crippen LogP contribution in [0.1, 0.15) is 0 Å². The van der Waals surface area contributed by atoms with Crippen molar-refractivity contribution in [3.8, 4) is 0 Å². The van der Waals surface area contributed by atoms with E-state index in [-0.39, 0.29) is 6.54 Å². The molecular formula is C13H21NO9. The molecule has 2 unspecified atom stereocenters. The predicted octanol–water partition coefficient (Wildman–Crippen LogP) is -4.01. The fourth-order valence-corrected chi connectivity index (χ4v) is 3.47. The second-order valence-corrected chi connectivity index (χ2v) is 6.07. The highest BCUT2D eigenvalue weighted by Gasteiger charge is 2.57. The first kappa shape index (κ1) is 16.9. The van der Waals surface area contributed by atoms with Crippen LogP contribution >= 0.6 is 0 Å². The highest BCUT2D eigenvalue weighted by atomic mass is 16.7. The Morgan fingerprint density at radius 2 is 1.78 bits per heavy atom. The third-order valence-corrected chi connectivity index (χ3v) is 4.75. The van der Waals surface area contributed by atoms with E-state index in [0.29, 0.717) is 0 Å². The van der Waals surface area contributed by atoms with Gasteiger partial charge in [0.1, 0.15) is 24.6 Å². The number of hydrogen-bond acceptors (Lipinski definition) is 10. The van der Waals surface area contributed by atoms with E-state index in [4.69, 9.17) is 9.47 Å². The maximum atomic E-state index is 10.3. The van der Waals surface area contributed by atoms with Crippen molar-refractivity contribution < 1.29 is 45.2 Å². The smallest absolute Gasteiger partial charge is 0.228 e. The van der Waals surface area contributed by atoms with Gasteiger partial charge in [-0.2, -0.15) is 0 Å². The van der Waals surface area contributed by atoms with E-state index in [0.717, 1.165) is 6.26 Å². The Morgan fingerprint density at radius 3 is 2.43 bits per heavy atom.